The lowest BCUT2D eigenvalue weighted by Gasteiger charge is -2.15. The number of carbonyl (C=O) groups is 1. The number of nitrogens with zero attached hydrogens (tertiary/aromatic N) is 1. The van der Waals surface area contributed by atoms with Crippen molar-refractivity contribution in [3.8, 4) is 11.5 Å². The maximum absolute atomic E-state index is 14.0. The predicted octanol–water partition coefficient (Wildman–Crippen LogP) is 6.52. The van der Waals surface area contributed by atoms with Crippen molar-refractivity contribution in [1.29, 1.82) is 0 Å². The number of rotatable bonds is 7. The zero-order valence-electron chi connectivity index (χ0n) is 17.5. The van der Waals surface area contributed by atoms with Crippen molar-refractivity contribution in [2.24, 2.45) is 4.99 Å². The molecular formula is C25H18BrFINO4. The van der Waals surface area contributed by atoms with Crippen LogP contribution in [0.2, 0.25) is 0 Å². The summed E-state index contributed by atoms with van der Waals surface area (Å²) in [5.74, 6) is 0.405. The largest absolute Gasteiger partial charge is 0.490 e. The van der Waals surface area contributed by atoms with Gasteiger partial charge >= 0.3 is 5.97 Å². The fourth-order valence-corrected chi connectivity index (χ4v) is 4.17. The Bertz CT molecular complexity index is 1260. The quantitative estimate of drug-likeness (QED) is 0.171. The first-order valence-corrected chi connectivity index (χ1v) is 11.9. The molecule has 0 bridgehead atoms. The highest BCUT2D eigenvalue weighted by molar-refractivity contribution is 14.1. The summed E-state index contributed by atoms with van der Waals surface area (Å²) < 4.78 is 32.6. The smallest absolute Gasteiger partial charge is 0.363 e. The molecule has 0 spiro atoms. The Balaban J connectivity index is 1.61. The van der Waals surface area contributed by atoms with Crippen LogP contribution in [0.5, 0.6) is 11.5 Å². The molecule has 168 valence electrons. The molecule has 3 aromatic rings. The second kappa shape index (κ2) is 10.5. The highest BCUT2D eigenvalue weighted by atomic mass is 127. The van der Waals surface area contributed by atoms with Gasteiger partial charge in [-0.2, -0.15) is 0 Å². The summed E-state index contributed by atoms with van der Waals surface area (Å²) in [5, 5.41) is 0. The van der Waals surface area contributed by atoms with Gasteiger partial charge in [0.15, 0.2) is 17.2 Å². The molecule has 0 aliphatic carbocycles. The normalized spacial score (nSPS) is 14.2. The van der Waals surface area contributed by atoms with Gasteiger partial charge in [-0.1, -0.05) is 34.1 Å². The second-order valence-corrected chi connectivity index (χ2v) is 9.06. The van der Waals surface area contributed by atoms with Crippen molar-refractivity contribution in [1.82, 2.24) is 0 Å². The summed E-state index contributed by atoms with van der Waals surface area (Å²) in [5.41, 5.74) is 2.04. The first kappa shape index (κ1) is 23.4. The predicted molar refractivity (Wildman–Crippen MR) is 136 cm³/mol. The summed E-state index contributed by atoms with van der Waals surface area (Å²) in [6.07, 6.45) is 1.64. The molecular weight excluding hydrogens is 604 g/mol. The highest BCUT2D eigenvalue weighted by Crippen LogP contribution is 2.36. The van der Waals surface area contributed by atoms with Crippen molar-refractivity contribution in [3.63, 3.8) is 0 Å². The minimum Gasteiger partial charge on any atom is -0.490 e. The molecule has 1 heterocycles. The van der Waals surface area contributed by atoms with Crippen LogP contribution < -0.4 is 9.47 Å². The Morgan fingerprint density at radius 1 is 1.12 bits per heavy atom. The topological polar surface area (TPSA) is 57.1 Å². The van der Waals surface area contributed by atoms with E-state index in [-0.39, 0.29) is 24.0 Å². The van der Waals surface area contributed by atoms with Gasteiger partial charge in [0.2, 0.25) is 5.90 Å². The lowest BCUT2D eigenvalue weighted by Crippen LogP contribution is -2.05. The number of hydrogen-bond acceptors (Lipinski definition) is 5. The summed E-state index contributed by atoms with van der Waals surface area (Å²) in [6, 6.07) is 17.4. The third-order valence-corrected chi connectivity index (χ3v) is 6.01. The molecule has 0 radical (unpaired) electrons. The fraction of sp³-hybridized carbons (Fsp3) is 0.120. The van der Waals surface area contributed by atoms with Crippen LogP contribution in [0.15, 0.2) is 75.8 Å². The SMILES string of the molecule is CCOc1cc(/C=C2\N=C(c3ccc(Br)cc3)OC2=O)cc(I)c1OCc1ccccc1F. The molecule has 0 saturated carbocycles. The molecule has 5 nitrogen and oxygen atoms in total. The molecule has 0 unspecified atom stereocenters. The number of ether oxygens (including phenoxy) is 3. The van der Waals surface area contributed by atoms with E-state index in [1.54, 1.807) is 30.3 Å². The van der Waals surface area contributed by atoms with Crippen LogP contribution in [0.25, 0.3) is 6.08 Å². The Morgan fingerprint density at radius 3 is 2.61 bits per heavy atom. The first-order valence-electron chi connectivity index (χ1n) is 10.1. The van der Waals surface area contributed by atoms with Crippen molar-refractivity contribution < 1.29 is 23.4 Å². The monoisotopic (exact) mass is 621 g/mol. The Labute approximate surface area is 212 Å². The number of esters is 1. The molecule has 3 aromatic carbocycles. The van der Waals surface area contributed by atoms with Gasteiger partial charge in [0.25, 0.3) is 0 Å². The molecule has 4 rings (SSSR count). The van der Waals surface area contributed by atoms with Crippen molar-refractivity contribution in [2.45, 2.75) is 13.5 Å². The van der Waals surface area contributed by atoms with Crippen LogP contribution in [0.1, 0.15) is 23.6 Å². The Morgan fingerprint density at radius 2 is 1.88 bits per heavy atom. The lowest BCUT2D eigenvalue weighted by molar-refractivity contribution is -0.129. The highest BCUT2D eigenvalue weighted by Gasteiger charge is 2.24. The van der Waals surface area contributed by atoms with Crippen molar-refractivity contribution in [3.05, 3.63) is 96.9 Å². The number of hydrogen-bond donors (Lipinski definition) is 0. The molecule has 0 fully saturated rings. The fourth-order valence-electron chi connectivity index (χ4n) is 3.12. The second-order valence-electron chi connectivity index (χ2n) is 6.99. The third kappa shape index (κ3) is 5.62. The molecule has 33 heavy (non-hydrogen) atoms. The minimum absolute atomic E-state index is 0.0658. The van der Waals surface area contributed by atoms with Gasteiger partial charge in [0.05, 0.1) is 10.2 Å². The van der Waals surface area contributed by atoms with Crippen LogP contribution >= 0.6 is 38.5 Å². The van der Waals surface area contributed by atoms with Crippen LogP contribution in [0, 0.1) is 9.39 Å². The van der Waals surface area contributed by atoms with Gasteiger partial charge in [0, 0.05) is 15.6 Å². The van der Waals surface area contributed by atoms with Gasteiger partial charge in [-0.05, 0) is 83.6 Å². The molecule has 8 heteroatoms. The molecule has 0 N–H and O–H groups in total. The van der Waals surface area contributed by atoms with Gasteiger partial charge < -0.3 is 14.2 Å². The molecule has 0 aromatic heterocycles. The molecule has 1 aliphatic heterocycles. The molecule has 0 amide bonds. The van der Waals surface area contributed by atoms with E-state index in [0.29, 0.717) is 34.8 Å². The summed E-state index contributed by atoms with van der Waals surface area (Å²) in [4.78, 5) is 16.7. The van der Waals surface area contributed by atoms with Gasteiger partial charge in [-0.3, -0.25) is 0 Å². The van der Waals surface area contributed by atoms with Gasteiger partial charge in [0.1, 0.15) is 12.4 Å². The summed E-state index contributed by atoms with van der Waals surface area (Å²) in [6.45, 7) is 2.35. The average Bonchev–Trinajstić information content (AvgIpc) is 3.15. The van der Waals surface area contributed by atoms with E-state index >= 15 is 0 Å². The van der Waals surface area contributed by atoms with Crippen LogP contribution in [0.3, 0.4) is 0 Å². The maximum atomic E-state index is 14.0. The van der Waals surface area contributed by atoms with E-state index in [9.17, 15) is 9.18 Å². The Kier molecular flexibility index (Phi) is 7.44. The van der Waals surface area contributed by atoms with E-state index in [1.165, 1.54) is 6.07 Å². The summed E-state index contributed by atoms with van der Waals surface area (Å²) in [7, 11) is 0. The van der Waals surface area contributed by atoms with E-state index in [2.05, 4.69) is 43.5 Å². The van der Waals surface area contributed by atoms with Crippen LogP contribution in [-0.2, 0) is 16.1 Å². The summed E-state index contributed by atoms with van der Waals surface area (Å²) >= 11 is 5.51. The minimum atomic E-state index is -0.527. The number of halogens is 3. The average molecular weight is 622 g/mol. The zero-order valence-corrected chi connectivity index (χ0v) is 21.2. The third-order valence-electron chi connectivity index (χ3n) is 4.68. The van der Waals surface area contributed by atoms with E-state index in [0.717, 1.165) is 8.04 Å². The maximum Gasteiger partial charge on any atom is 0.363 e. The van der Waals surface area contributed by atoms with Crippen LogP contribution in [-0.4, -0.2) is 18.5 Å². The standard InChI is InChI=1S/C25H18BrFINO4/c1-2-31-22-13-15(11-20(28)23(22)32-14-17-5-3-4-6-19(17)27)12-21-25(30)33-24(29-21)16-7-9-18(26)10-8-16/h3-13H,2,14H2,1H3/b21-12-. The van der Waals surface area contributed by atoms with Crippen molar-refractivity contribution in [2.75, 3.05) is 6.61 Å². The van der Waals surface area contributed by atoms with Gasteiger partial charge in [-0.15, -0.1) is 0 Å². The number of cyclic esters (lactones) is 1. The van der Waals surface area contributed by atoms with Crippen molar-refractivity contribution >= 4 is 56.5 Å². The number of benzene rings is 3. The van der Waals surface area contributed by atoms with Gasteiger partial charge in [-0.25, -0.2) is 14.2 Å². The molecule has 0 saturated heterocycles. The van der Waals surface area contributed by atoms with Crippen LogP contribution in [0.4, 0.5) is 4.39 Å². The first-order chi connectivity index (χ1) is 15.9. The van der Waals surface area contributed by atoms with E-state index < -0.39 is 5.97 Å². The number of aliphatic imine (C=N–C) groups is 1. The van der Waals surface area contributed by atoms with E-state index in [1.807, 2.05) is 37.3 Å². The molecule has 1 aliphatic rings. The number of carbonyl (C=O) groups excluding carboxylic acids is 1. The zero-order chi connectivity index (χ0) is 23.4. The van der Waals surface area contributed by atoms with E-state index in [4.69, 9.17) is 14.2 Å². The lowest BCUT2D eigenvalue weighted by atomic mass is 10.1. The molecule has 0 atom stereocenters. The Hall–Kier alpha value is -2.72.